The van der Waals surface area contributed by atoms with Gasteiger partial charge in [-0.3, -0.25) is 0 Å². The van der Waals surface area contributed by atoms with Gasteiger partial charge in [0.25, 0.3) is 0 Å². The number of carboxylic acid groups (broad SMARTS) is 1. The number of ether oxygens (including phenoxy) is 1. The van der Waals surface area contributed by atoms with E-state index in [4.69, 9.17) is 9.84 Å². The second-order valence-corrected chi connectivity index (χ2v) is 3.11. The molecule has 6 heteroatoms. The Morgan fingerprint density at radius 1 is 1.77 bits per heavy atom. The quantitative estimate of drug-likeness (QED) is 0.862. The van der Waals surface area contributed by atoms with Crippen LogP contribution >= 0.6 is 15.9 Å². The van der Waals surface area contributed by atoms with E-state index in [0.717, 1.165) is 0 Å². The van der Waals surface area contributed by atoms with E-state index >= 15 is 0 Å². The van der Waals surface area contributed by atoms with Crippen LogP contribution in [0.1, 0.15) is 5.82 Å². The third-order valence-corrected chi connectivity index (χ3v) is 1.71. The van der Waals surface area contributed by atoms with Gasteiger partial charge in [-0.25, -0.2) is 9.78 Å². The SMILES string of the molecule is Cc1ncc(Br)c(OCC(=O)O)n1. The number of rotatable bonds is 3. The number of aryl methyl sites for hydroxylation is 1. The van der Waals surface area contributed by atoms with Gasteiger partial charge in [-0.1, -0.05) is 0 Å². The lowest BCUT2D eigenvalue weighted by atomic mass is 10.6. The second-order valence-electron chi connectivity index (χ2n) is 2.25. The number of aliphatic carboxylic acids is 1. The van der Waals surface area contributed by atoms with Crippen molar-refractivity contribution in [2.75, 3.05) is 6.61 Å². The van der Waals surface area contributed by atoms with Gasteiger partial charge in [0, 0.05) is 6.20 Å². The minimum absolute atomic E-state index is 0.245. The van der Waals surface area contributed by atoms with Crippen molar-refractivity contribution in [1.29, 1.82) is 0 Å². The van der Waals surface area contributed by atoms with E-state index in [0.29, 0.717) is 10.3 Å². The van der Waals surface area contributed by atoms with Crippen molar-refractivity contribution in [3.63, 3.8) is 0 Å². The van der Waals surface area contributed by atoms with Crippen LogP contribution in [0.15, 0.2) is 10.7 Å². The fourth-order valence-corrected chi connectivity index (χ4v) is 0.971. The summed E-state index contributed by atoms with van der Waals surface area (Å²) in [7, 11) is 0. The Kier molecular flexibility index (Phi) is 3.18. The van der Waals surface area contributed by atoms with Gasteiger partial charge >= 0.3 is 5.97 Å². The third-order valence-electron chi connectivity index (χ3n) is 1.16. The first-order valence-corrected chi connectivity index (χ1v) is 4.22. The van der Waals surface area contributed by atoms with E-state index < -0.39 is 12.6 Å². The Labute approximate surface area is 82.9 Å². The number of carbonyl (C=O) groups is 1. The van der Waals surface area contributed by atoms with E-state index in [-0.39, 0.29) is 5.88 Å². The largest absolute Gasteiger partial charge is 0.479 e. The zero-order chi connectivity index (χ0) is 9.84. The van der Waals surface area contributed by atoms with Crippen LogP contribution in [0.2, 0.25) is 0 Å². The molecule has 5 nitrogen and oxygen atoms in total. The van der Waals surface area contributed by atoms with Crippen LogP contribution < -0.4 is 4.74 Å². The first-order chi connectivity index (χ1) is 6.09. The topological polar surface area (TPSA) is 72.3 Å². The molecule has 0 aliphatic carbocycles. The van der Waals surface area contributed by atoms with Crippen LogP contribution in [0.5, 0.6) is 5.88 Å². The highest BCUT2D eigenvalue weighted by molar-refractivity contribution is 9.10. The van der Waals surface area contributed by atoms with Crippen molar-refractivity contribution >= 4 is 21.9 Å². The lowest BCUT2D eigenvalue weighted by Crippen LogP contribution is -2.11. The van der Waals surface area contributed by atoms with Crippen molar-refractivity contribution in [1.82, 2.24) is 9.97 Å². The van der Waals surface area contributed by atoms with Gasteiger partial charge in [0.15, 0.2) is 6.61 Å². The molecule has 0 aliphatic rings. The summed E-state index contributed by atoms with van der Waals surface area (Å²) >= 11 is 3.14. The summed E-state index contributed by atoms with van der Waals surface area (Å²) in [6.07, 6.45) is 1.51. The summed E-state index contributed by atoms with van der Waals surface area (Å²) in [5.41, 5.74) is 0. The zero-order valence-electron chi connectivity index (χ0n) is 6.82. The average Bonchev–Trinajstić information content (AvgIpc) is 2.06. The molecular formula is C7H7BrN2O3. The molecule has 1 rings (SSSR count). The molecule has 0 bridgehead atoms. The summed E-state index contributed by atoms with van der Waals surface area (Å²) in [4.78, 5) is 18.0. The Morgan fingerprint density at radius 3 is 3.08 bits per heavy atom. The lowest BCUT2D eigenvalue weighted by molar-refractivity contribution is -0.139. The summed E-state index contributed by atoms with van der Waals surface area (Å²) in [6.45, 7) is 1.29. The molecule has 70 valence electrons. The van der Waals surface area contributed by atoms with Crippen LogP contribution in [0, 0.1) is 6.92 Å². The van der Waals surface area contributed by atoms with Gasteiger partial charge in [0.1, 0.15) is 5.82 Å². The smallest absolute Gasteiger partial charge is 0.341 e. The van der Waals surface area contributed by atoms with E-state index in [1.165, 1.54) is 6.20 Å². The van der Waals surface area contributed by atoms with Crippen LogP contribution in [0.4, 0.5) is 0 Å². The number of halogens is 1. The molecule has 13 heavy (non-hydrogen) atoms. The van der Waals surface area contributed by atoms with Crippen molar-refractivity contribution < 1.29 is 14.6 Å². The van der Waals surface area contributed by atoms with Crippen molar-refractivity contribution in [2.45, 2.75) is 6.92 Å². The summed E-state index contributed by atoms with van der Waals surface area (Å²) in [5, 5.41) is 8.35. The molecule has 0 saturated heterocycles. The molecule has 0 saturated carbocycles. The normalized spacial score (nSPS) is 9.69. The highest BCUT2D eigenvalue weighted by Gasteiger charge is 2.05. The van der Waals surface area contributed by atoms with E-state index in [2.05, 4.69) is 25.9 Å². The molecule has 0 spiro atoms. The highest BCUT2D eigenvalue weighted by Crippen LogP contribution is 2.20. The van der Waals surface area contributed by atoms with Crippen LogP contribution in [-0.2, 0) is 4.79 Å². The molecule has 1 aromatic heterocycles. The molecule has 0 amide bonds. The Hall–Kier alpha value is -1.17. The van der Waals surface area contributed by atoms with Crippen molar-refractivity contribution in [3.05, 3.63) is 16.5 Å². The first-order valence-electron chi connectivity index (χ1n) is 3.43. The number of hydrogen-bond acceptors (Lipinski definition) is 4. The highest BCUT2D eigenvalue weighted by atomic mass is 79.9. The predicted octanol–water partition coefficient (Wildman–Crippen LogP) is 1.01. The third kappa shape index (κ3) is 2.98. The summed E-state index contributed by atoms with van der Waals surface area (Å²) < 4.78 is 5.42. The average molecular weight is 247 g/mol. The predicted molar refractivity (Wildman–Crippen MR) is 47.6 cm³/mol. The van der Waals surface area contributed by atoms with Crippen LogP contribution in [-0.4, -0.2) is 27.7 Å². The fraction of sp³-hybridized carbons (Fsp3) is 0.286. The number of carboxylic acids is 1. The monoisotopic (exact) mass is 246 g/mol. The van der Waals surface area contributed by atoms with Crippen LogP contribution in [0.3, 0.4) is 0 Å². The maximum absolute atomic E-state index is 10.2. The van der Waals surface area contributed by atoms with E-state index in [1.807, 2.05) is 0 Å². The number of aromatic nitrogens is 2. The minimum atomic E-state index is -1.04. The molecular weight excluding hydrogens is 240 g/mol. The Morgan fingerprint density at radius 2 is 2.46 bits per heavy atom. The Balaban J connectivity index is 2.75. The van der Waals surface area contributed by atoms with E-state index in [1.54, 1.807) is 6.92 Å². The molecule has 0 atom stereocenters. The molecule has 1 aromatic rings. The van der Waals surface area contributed by atoms with Gasteiger partial charge in [0.2, 0.25) is 5.88 Å². The molecule has 1 heterocycles. The lowest BCUT2D eigenvalue weighted by Gasteiger charge is -2.03. The second kappa shape index (κ2) is 4.18. The number of hydrogen-bond donors (Lipinski definition) is 1. The fourth-order valence-electron chi connectivity index (χ4n) is 0.666. The van der Waals surface area contributed by atoms with E-state index in [9.17, 15) is 4.79 Å². The first kappa shape index (κ1) is 9.91. The van der Waals surface area contributed by atoms with Crippen LogP contribution in [0.25, 0.3) is 0 Å². The van der Waals surface area contributed by atoms with Crippen molar-refractivity contribution in [3.8, 4) is 5.88 Å². The Bertz CT molecular complexity index is 330. The standard InChI is InChI=1S/C7H7BrN2O3/c1-4-9-2-5(8)7(10-4)13-3-6(11)12/h2H,3H2,1H3,(H,11,12). The minimum Gasteiger partial charge on any atom is -0.479 e. The number of nitrogens with zero attached hydrogens (tertiary/aromatic N) is 2. The van der Waals surface area contributed by atoms with Gasteiger partial charge < -0.3 is 9.84 Å². The summed E-state index contributed by atoms with van der Waals surface area (Å²) in [6, 6.07) is 0. The van der Waals surface area contributed by atoms with Gasteiger partial charge in [-0.2, -0.15) is 4.98 Å². The van der Waals surface area contributed by atoms with Gasteiger partial charge in [0.05, 0.1) is 4.47 Å². The molecule has 0 unspecified atom stereocenters. The van der Waals surface area contributed by atoms with Gasteiger partial charge in [-0.15, -0.1) is 0 Å². The molecule has 0 aliphatic heterocycles. The zero-order valence-corrected chi connectivity index (χ0v) is 8.41. The maximum atomic E-state index is 10.2. The summed E-state index contributed by atoms with van der Waals surface area (Å²) in [5.74, 6) is -0.262. The molecule has 0 radical (unpaired) electrons. The molecule has 0 aromatic carbocycles. The molecule has 0 fully saturated rings. The van der Waals surface area contributed by atoms with Gasteiger partial charge in [-0.05, 0) is 22.9 Å². The van der Waals surface area contributed by atoms with Crippen molar-refractivity contribution in [2.24, 2.45) is 0 Å². The molecule has 1 N–H and O–H groups in total. The maximum Gasteiger partial charge on any atom is 0.341 e.